The number of hydrogen-bond acceptors (Lipinski definition) is 4. The summed E-state index contributed by atoms with van der Waals surface area (Å²) >= 11 is 12.1. The number of benzene rings is 2. The number of nitrogens with one attached hydrogen (secondary N) is 2. The first kappa shape index (κ1) is 27.3. The number of carboxylic acid groups (broad SMARTS) is 1. The molecule has 2 aromatic carbocycles. The summed E-state index contributed by atoms with van der Waals surface area (Å²) in [5.74, 6) is -4.74. The van der Waals surface area contributed by atoms with Crippen molar-refractivity contribution in [2.45, 2.75) is 69.0 Å². The van der Waals surface area contributed by atoms with Gasteiger partial charge in [-0.1, -0.05) is 62.2 Å². The van der Waals surface area contributed by atoms with Crippen LogP contribution in [0.15, 0.2) is 36.4 Å². The van der Waals surface area contributed by atoms with Gasteiger partial charge < -0.3 is 15.7 Å². The summed E-state index contributed by atoms with van der Waals surface area (Å²) in [6.45, 7) is 5.79. The molecule has 1 amide bonds. The molecule has 2 aromatic rings. The van der Waals surface area contributed by atoms with E-state index in [9.17, 15) is 20.0 Å². The lowest BCUT2D eigenvalue weighted by atomic mass is 9.62. The van der Waals surface area contributed by atoms with Gasteiger partial charge in [-0.05, 0) is 48.4 Å². The fraction of sp³-hybridized carbons (Fsp3) is 0.444. The smallest absolute Gasteiger partial charge is 0.329 e. The molecule has 6 nitrogen and oxygen atoms in total. The Morgan fingerprint density at radius 3 is 2.43 bits per heavy atom. The minimum atomic E-state index is -1.77. The van der Waals surface area contributed by atoms with Crippen LogP contribution in [0.25, 0.3) is 0 Å². The van der Waals surface area contributed by atoms with Crippen LogP contribution in [0.1, 0.15) is 57.1 Å². The fourth-order valence-electron chi connectivity index (χ4n) is 5.39. The summed E-state index contributed by atoms with van der Waals surface area (Å²) in [5, 5.41) is 26.1. The molecule has 1 aliphatic carbocycles. The second kappa shape index (κ2) is 9.54. The maximum absolute atomic E-state index is 15.6. The molecular formula is C27H27Cl2F2N3O3. The van der Waals surface area contributed by atoms with E-state index in [0.717, 1.165) is 6.07 Å². The molecule has 1 aliphatic heterocycles. The number of carbonyl (C=O) groups is 2. The van der Waals surface area contributed by atoms with E-state index in [0.29, 0.717) is 6.42 Å². The van der Waals surface area contributed by atoms with E-state index in [1.807, 2.05) is 20.8 Å². The number of rotatable bonds is 6. The zero-order valence-corrected chi connectivity index (χ0v) is 22.1. The lowest BCUT2D eigenvalue weighted by Gasteiger charge is -2.37. The second-order valence-electron chi connectivity index (χ2n) is 11.1. The number of nitrogens with zero attached hydrogens (tertiary/aromatic N) is 1. The molecule has 0 bridgehead atoms. The van der Waals surface area contributed by atoms with Gasteiger partial charge in [0.25, 0.3) is 0 Å². The molecular weight excluding hydrogens is 523 g/mol. The van der Waals surface area contributed by atoms with Gasteiger partial charge in [-0.25, -0.2) is 13.6 Å². The van der Waals surface area contributed by atoms with E-state index in [1.165, 1.54) is 30.3 Å². The number of hydrogen-bond donors (Lipinski definition) is 3. The summed E-state index contributed by atoms with van der Waals surface area (Å²) in [5.41, 5.74) is -3.66. The van der Waals surface area contributed by atoms with E-state index < -0.39 is 52.5 Å². The Balaban J connectivity index is 1.97. The SMILES string of the molecule is CC(C)(C)CC1NC(C(=O)NC2(C(=O)O)CC2)C(c2cccc(Cl)c2F)C1(C#N)c1ccc(Cl)cc1F. The predicted molar refractivity (Wildman–Crippen MR) is 135 cm³/mol. The molecule has 4 unspecified atom stereocenters. The van der Waals surface area contributed by atoms with E-state index >= 15 is 8.78 Å². The zero-order chi connectivity index (χ0) is 27.3. The minimum absolute atomic E-state index is 0.0415. The lowest BCUT2D eigenvalue weighted by molar-refractivity contribution is -0.143. The number of carboxylic acids is 1. The molecule has 2 fully saturated rings. The number of aliphatic carboxylic acids is 1. The van der Waals surface area contributed by atoms with Gasteiger partial charge in [0.1, 0.15) is 22.6 Å². The zero-order valence-electron chi connectivity index (χ0n) is 20.5. The molecule has 0 spiro atoms. The van der Waals surface area contributed by atoms with Crippen LogP contribution >= 0.6 is 23.2 Å². The maximum Gasteiger partial charge on any atom is 0.329 e. The first-order valence-corrected chi connectivity index (χ1v) is 12.6. The molecule has 2 aliphatic rings. The van der Waals surface area contributed by atoms with Crippen molar-refractivity contribution >= 4 is 35.1 Å². The van der Waals surface area contributed by atoms with Gasteiger partial charge in [0, 0.05) is 22.5 Å². The highest BCUT2D eigenvalue weighted by Crippen LogP contribution is 2.53. The third-order valence-corrected chi connectivity index (χ3v) is 7.78. The molecule has 196 valence electrons. The van der Waals surface area contributed by atoms with Crippen molar-refractivity contribution in [2.75, 3.05) is 0 Å². The van der Waals surface area contributed by atoms with Gasteiger partial charge in [0.05, 0.1) is 17.1 Å². The Bertz CT molecular complexity index is 1300. The first-order valence-electron chi connectivity index (χ1n) is 11.9. The van der Waals surface area contributed by atoms with Crippen LogP contribution in [-0.4, -0.2) is 34.6 Å². The van der Waals surface area contributed by atoms with Crippen molar-refractivity contribution in [3.8, 4) is 6.07 Å². The van der Waals surface area contributed by atoms with Crippen molar-refractivity contribution in [3.63, 3.8) is 0 Å². The van der Waals surface area contributed by atoms with Crippen molar-refractivity contribution in [3.05, 3.63) is 69.2 Å². The predicted octanol–water partition coefficient (Wildman–Crippen LogP) is 5.33. The highest BCUT2D eigenvalue weighted by molar-refractivity contribution is 6.31. The van der Waals surface area contributed by atoms with Crippen LogP contribution in [0.3, 0.4) is 0 Å². The van der Waals surface area contributed by atoms with Crippen molar-refractivity contribution in [1.29, 1.82) is 5.26 Å². The Kier molecular flexibility index (Phi) is 7.04. The monoisotopic (exact) mass is 549 g/mol. The van der Waals surface area contributed by atoms with Gasteiger partial charge in [-0.3, -0.25) is 4.79 Å². The normalized spacial score (nSPS) is 26.4. The van der Waals surface area contributed by atoms with Crippen LogP contribution in [0.5, 0.6) is 0 Å². The molecule has 4 rings (SSSR count). The summed E-state index contributed by atoms with van der Waals surface area (Å²) < 4.78 is 31.1. The summed E-state index contributed by atoms with van der Waals surface area (Å²) in [4.78, 5) is 25.4. The van der Waals surface area contributed by atoms with Gasteiger partial charge in [-0.15, -0.1) is 0 Å². The molecule has 0 aromatic heterocycles. The molecule has 10 heteroatoms. The standard InChI is InChI=1S/C27H27Cl2F2N3O3/c1-25(2,3)12-19-27(13-32,16-8-7-14(28)11-18(16)30)20(15-5-4-6-17(29)21(15)31)22(33-19)23(35)34-26(9-10-26)24(36)37/h4-8,11,19-20,22,33H,9-10,12H2,1-3H3,(H,34,35)(H,36,37). The third-order valence-electron chi connectivity index (χ3n) is 7.25. The molecule has 1 heterocycles. The van der Waals surface area contributed by atoms with E-state index in [4.69, 9.17) is 23.2 Å². The van der Waals surface area contributed by atoms with Crippen molar-refractivity contribution < 1.29 is 23.5 Å². The third kappa shape index (κ3) is 4.81. The Morgan fingerprint density at radius 1 is 1.22 bits per heavy atom. The van der Waals surface area contributed by atoms with E-state index in [-0.39, 0.29) is 39.4 Å². The second-order valence-corrected chi connectivity index (χ2v) is 11.9. The van der Waals surface area contributed by atoms with E-state index in [2.05, 4.69) is 16.7 Å². The highest BCUT2D eigenvalue weighted by Gasteiger charge is 2.62. The number of carbonyl (C=O) groups excluding carboxylic acids is 1. The van der Waals surface area contributed by atoms with Gasteiger partial charge in [-0.2, -0.15) is 5.26 Å². The average molecular weight is 550 g/mol. The molecule has 1 saturated carbocycles. The average Bonchev–Trinajstić information content (AvgIpc) is 3.52. The molecule has 4 atom stereocenters. The number of halogens is 4. The minimum Gasteiger partial charge on any atom is -0.480 e. The summed E-state index contributed by atoms with van der Waals surface area (Å²) in [6.07, 6.45) is 0.810. The lowest BCUT2D eigenvalue weighted by Crippen LogP contribution is -2.52. The summed E-state index contributed by atoms with van der Waals surface area (Å²) in [7, 11) is 0. The molecule has 0 radical (unpaired) electrons. The largest absolute Gasteiger partial charge is 0.480 e. The van der Waals surface area contributed by atoms with E-state index in [1.54, 1.807) is 0 Å². The Morgan fingerprint density at radius 2 is 1.89 bits per heavy atom. The topological polar surface area (TPSA) is 102 Å². The van der Waals surface area contributed by atoms with Crippen molar-refractivity contribution in [2.24, 2.45) is 5.41 Å². The Labute approximate surface area is 223 Å². The maximum atomic E-state index is 15.6. The van der Waals surface area contributed by atoms with Crippen LogP contribution in [0, 0.1) is 28.4 Å². The highest BCUT2D eigenvalue weighted by atomic mass is 35.5. The van der Waals surface area contributed by atoms with Crippen molar-refractivity contribution in [1.82, 2.24) is 10.6 Å². The van der Waals surface area contributed by atoms with Gasteiger partial charge >= 0.3 is 5.97 Å². The molecule has 1 saturated heterocycles. The summed E-state index contributed by atoms with van der Waals surface area (Å²) in [6, 6.07) is 8.33. The van der Waals surface area contributed by atoms with Gasteiger partial charge in [0.2, 0.25) is 5.91 Å². The fourth-order valence-corrected chi connectivity index (χ4v) is 5.73. The number of nitriles is 1. The van der Waals surface area contributed by atoms with Crippen LogP contribution in [-0.2, 0) is 15.0 Å². The molecule has 37 heavy (non-hydrogen) atoms. The molecule has 3 N–H and O–H groups in total. The Hall–Kier alpha value is -2.73. The van der Waals surface area contributed by atoms with Crippen LogP contribution in [0.4, 0.5) is 8.78 Å². The van der Waals surface area contributed by atoms with Crippen LogP contribution < -0.4 is 10.6 Å². The first-order chi connectivity index (χ1) is 17.3. The number of amides is 1. The van der Waals surface area contributed by atoms with Crippen LogP contribution in [0.2, 0.25) is 10.0 Å². The quantitative estimate of drug-likeness (QED) is 0.452. The van der Waals surface area contributed by atoms with Gasteiger partial charge in [0.15, 0.2) is 0 Å².